The first-order chi connectivity index (χ1) is 6.73. The van der Waals surface area contributed by atoms with Crippen molar-refractivity contribution in [1.29, 1.82) is 0 Å². The van der Waals surface area contributed by atoms with Crippen molar-refractivity contribution in [3.8, 4) is 0 Å². The Kier molecular flexibility index (Phi) is 3.55. The van der Waals surface area contributed by atoms with Crippen LogP contribution in [0.25, 0.3) is 0 Å². The molecule has 0 aliphatic carbocycles. The van der Waals surface area contributed by atoms with Gasteiger partial charge < -0.3 is 0 Å². The lowest BCUT2D eigenvalue weighted by Gasteiger charge is -2.45. The van der Waals surface area contributed by atoms with Gasteiger partial charge in [0.2, 0.25) is 0 Å². The van der Waals surface area contributed by atoms with Gasteiger partial charge in [-0.3, -0.25) is 0 Å². The van der Waals surface area contributed by atoms with Crippen LogP contribution in [0.4, 0.5) is 0 Å². The molecule has 0 heterocycles. The summed E-state index contributed by atoms with van der Waals surface area (Å²) in [5.41, 5.74) is 0. The third-order valence-electron chi connectivity index (χ3n) is 2.36. The summed E-state index contributed by atoms with van der Waals surface area (Å²) >= 11 is 0. The van der Waals surface area contributed by atoms with E-state index in [1.807, 2.05) is 0 Å². The Morgan fingerprint density at radius 3 is 1.47 bits per heavy atom. The molecule has 86 valence electrons. The van der Waals surface area contributed by atoms with Crippen LogP contribution in [0.5, 0.6) is 0 Å². The summed E-state index contributed by atoms with van der Waals surface area (Å²) in [6.07, 6.45) is 0. The molecule has 0 bridgehead atoms. The lowest BCUT2D eigenvalue weighted by molar-refractivity contribution is 0.723. The minimum Gasteiger partial charge on any atom is -0.217 e. The Morgan fingerprint density at radius 2 is 1.13 bits per heavy atom. The lowest BCUT2D eigenvalue weighted by atomic mass is 10.2. The molecule has 0 N–H and O–H groups in total. The Hall–Kier alpha value is -0.430. The molecule has 0 unspecified atom stereocenters. The Morgan fingerprint density at radius 1 is 0.733 bits per heavy atom. The number of benzene rings is 1. The maximum Gasteiger partial charge on any atom is -0.00645 e. The highest BCUT2D eigenvalue weighted by atomic mass is 32.2. The van der Waals surface area contributed by atoms with Gasteiger partial charge in [0.05, 0.1) is 0 Å². The molecule has 0 saturated heterocycles. The first-order valence-corrected chi connectivity index (χ1v) is 6.92. The zero-order valence-electron chi connectivity index (χ0n) is 10.8. The Bertz CT molecular complexity index is 286. The van der Waals surface area contributed by atoms with Crippen molar-refractivity contribution in [2.24, 2.45) is 0 Å². The van der Waals surface area contributed by atoms with E-state index < -0.39 is 0 Å². The van der Waals surface area contributed by atoms with Crippen LogP contribution >= 0.6 is 10.9 Å². The van der Waals surface area contributed by atoms with E-state index in [-0.39, 0.29) is 10.9 Å². The smallest absolute Gasteiger partial charge is 0.00645 e. The second kappa shape index (κ2) is 4.21. The lowest BCUT2D eigenvalue weighted by Crippen LogP contribution is -2.28. The van der Waals surface area contributed by atoms with Gasteiger partial charge >= 0.3 is 0 Å². The standard InChI is InChI=1S/C14H24S/c1-13(2,3)15(14(4,5)6)12-10-8-7-9-11-12/h7-11,15H,1-6H3. The first-order valence-electron chi connectivity index (χ1n) is 5.58. The van der Waals surface area contributed by atoms with Gasteiger partial charge in [-0.1, -0.05) is 71.9 Å². The van der Waals surface area contributed by atoms with Gasteiger partial charge in [0.25, 0.3) is 0 Å². The topological polar surface area (TPSA) is 0 Å². The van der Waals surface area contributed by atoms with Gasteiger partial charge in [0, 0.05) is 0 Å². The largest absolute Gasteiger partial charge is 0.217 e. The van der Waals surface area contributed by atoms with Gasteiger partial charge in [-0.2, -0.15) is 0 Å². The fourth-order valence-electron chi connectivity index (χ4n) is 2.36. The molecule has 0 fully saturated rings. The molecule has 0 saturated carbocycles. The van der Waals surface area contributed by atoms with Crippen molar-refractivity contribution in [2.75, 3.05) is 0 Å². The summed E-state index contributed by atoms with van der Waals surface area (Å²) in [5.74, 6) is 0. The van der Waals surface area contributed by atoms with Crippen molar-refractivity contribution >= 4 is 10.9 Å². The van der Waals surface area contributed by atoms with Crippen LogP contribution in [-0.4, -0.2) is 9.49 Å². The van der Waals surface area contributed by atoms with Crippen LogP contribution in [0.15, 0.2) is 35.2 Å². The average molecular weight is 224 g/mol. The van der Waals surface area contributed by atoms with Crippen LogP contribution in [0.1, 0.15) is 41.5 Å². The monoisotopic (exact) mass is 224 g/mol. The molecule has 0 radical (unpaired) electrons. The van der Waals surface area contributed by atoms with Gasteiger partial charge in [0.15, 0.2) is 0 Å². The molecule has 0 spiro atoms. The van der Waals surface area contributed by atoms with Crippen LogP contribution in [0.3, 0.4) is 0 Å². The molecule has 1 aromatic rings. The number of thiol groups is 1. The van der Waals surface area contributed by atoms with Crippen LogP contribution < -0.4 is 0 Å². The summed E-state index contributed by atoms with van der Waals surface area (Å²) in [6.45, 7) is 14.1. The van der Waals surface area contributed by atoms with Crippen LogP contribution in [0, 0.1) is 0 Å². The van der Waals surface area contributed by atoms with Crippen molar-refractivity contribution in [1.82, 2.24) is 0 Å². The highest BCUT2D eigenvalue weighted by molar-refractivity contribution is 8.19. The summed E-state index contributed by atoms with van der Waals surface area (Å²) in [5, 5.41) is 0. The second-order valence-corrected chi connectivity index (χ2v) is 9.88. The predicted molar refractivity (Wildman–Crippen MR) is 73.2 cm³/mol. The molecule has 1 heteroatoms. The van der Waals surface area contributed by atoms with Crippen molar-refractivity contribution in [3.05, 3.63) is 30.3 Å². The van der Waals surface area contributed by atoms with Gasteiger partial charge in [0.1, 0.15) is 0 Å². The van der Waals surface area contributed by atoms with Gasteiger partial charge in [-0.25, -0.2) is 10.9 Å². The van der Waals surface area contributed by atoms with E-state index in [9.17, 15) is 0 Å². The van der Waals surface area contributed by atoms with Gasteiger partial charge in [-0.15, -0.1) is 0 Å². The highest BCUT2D eigenvalue weighted by Crippen LogP contribution is 2.56. The number of hydrogen-bond acceptors (Lipinski definition) is 0. The Balaban J connectivity index is 3.15. The van der Waals surface area contributed by atoms with Gasteiger partial charge in [-0.05, 0) is 14.4 Å². The number of rotatable bonds is 1. The fraction of sp³-hybridized carbons (Fsp3) is 0.571. The maximum atomic E-state index is 2.36. The zero-order chi connectivity index (χ0) is 11.7. The first kappa shape index (κ1) is 12.6. The Labute approximate surface area is 97.4 Å². The van der Waals surface area contributed by atoms with Crippen LogP contribution in [0.2, 0.25) is 0 Å². The molecule has 0 nitrogen and oxygen atoms in total. The molecule has 1 aromatic carbocycles. The van der Waals surface area contributed by atoms with E-state index in [1.165, 1.54) is 4.90 Å². The summed E-state index contributed by atoms with van der Waals surface area (Å²) < 4.78 is 0.740. The molecule has 0 atom stereocenters. The van der Waals surface area contributed by atoms with Crippen molar-refractivity contribution in [2.45, 2.75) is 55.9 Å². The van der Waals surface area contributed by atoms with Crippen molar-refractivity contribution in [3.63, 3.8) is 0 Å². The fourth-order valence-corrected chi connectivity index (χ4v) is 6.39. The van der Waals surface area contributed by atoms with E-state index in [4.69, 9.17) is 0 Å². The second-order valence-electron chi connectivity index (χ2n) is 6.01. The van der Waals surface area contributed by atoms with Crippen molar-refractivity contribution < 1.29 is 0 Å². The van der Waals surface area contributed by atoms with E-state index in [0.29, 0.717) is 9.49 Å². The zero-order valence-corrected chi connectivity index (χ0v) is 11.7. The minimum atomic E-state index is -0.138. The third-order valence-corrected chi connectivity index (χ3v) is 5.85. The highest BCUT2D eigenvalue weighted by Gasteiger charge is 2.31. The normalized spacial score (nSPS) is 13.9. The van der Waals surface area contributed by atoms with E-state index >= 15 is 0 Å². The molecule has 1 rings (SSSR count). The third kappa shape index (κ3) is 3.27. The molecule has 0 amide bonds. The summed E-state index contributed by atoms with van der Waals surface area (Å²) in [4.78, 5) is 1.52. The number of hydrogen-bond donors (Lipinski definition) is 1. The molecular weight excluding hydrogens is 200 g/mol. The summed E-state index contributed by atoms with van der Waals surface area (Å²) in [7, 11) is -0.138. The van der Waals surface area contributed by atoms with E-state index in [2.05, 4.69) is 71.9 Å². The molecule has 0 aliphatic rings. The average Bonchev–Trinajstić information content (AvgIpc) is 2.00. The molecule has 15 heavy (non-hydrogen) atoms. The van der Waals surface area contributed by atoms with Crippen LogP contribution in [-0.2, 0) is 0 Å². The molecule has 0 aliphatic heterocycles. The SMILES string of the molecule is CC(C)(C)[SH](c1ccccc1)C(C)(C)C. The summed E-state index contributed by atoms with van der Waals surface area (Å²) in [6, 6.07) is 11.0. The molecular formula is C14H24S. The molecule has 0 aromatic heterocycles. The van der Waals surface area contributed by atoms with E-state index in [0.717, 1.165) is 0 Å². The quantitative estimate of drug-likeness (QED) is 0.660. The minimum absolute atomic E-state index is 0.138. The predicted octanol–water partition coefficient (Wildman–Crippen LogP) is 4.64. The van der Waals surface area contributed by atoms with E-state index in [1.54, 1.807) is 0 Å². The maximum absolute atomic E-state index is 2.36.